The van der Waals surface area contributed by atoms with Gasteiger partial charge in [-0.05, 0) is 6.42 Å². The van der Waals surface area contributed by atoms with Crippen molar-refractivity contribution in [2.75, 3.05) is 20.3 Å². The molecule has 0 saturated carbocycles. The summed E-state index contributed by atoms with van der Waals surface area (Å²) in [6.45, 7) is 2.88. The molecule has 0 aromatic heterocycles. The van der Waals surface area contributed by atoms with E-state index in [0.29, 0.717) is 19.6 Å². The highest BCUT2D eigenvalue weighted by Crippen LogP contribution is 2.29. The maximum atomic E-state index is 10.6. The second-order valence-electron chi connectivity index (χ2n) is 3.63. The van der Waals surface area contributed by atoms with Crippen LogP contribution in [0.3, 0.4) is 0 Å². The number of hydrogen-bond acceptors (Lipinski definition) is 3. The molecule has 4 nitrogen and oxygen atoms in total. The summed E-state index contributed by atoms with van der Waals surface area (Å²) in [5.74, 6) is -1.15. The minimum absolute atomic E-state index is 0.363. The average Bonchev–Trinajstić information content (AvgIpc) is 2.54. The van der Waals surface area contributed by atoms with Gasteiger partial charge >= 0.3 is 5.97 Å². The minimum atomic E-state index is -0.775. The summed E-state index contributed by atoms with van der Waals surface area (Å²) in [4.78, 5) is 10.6. The van der Waals surface area contributed by atoms with Crippen LogP contribution >= 0.6 is 0 Å². The molecule has 1 heterocycles. The fourth-order valence-corrected chi connectivity index (χ4v) is 1.64. The van der Waals surface area contributed by atoms with Crippen LogP contribution in [0.5, 0.6) is 0 Å². The van der Waals surface area contributed by atoms with Gasteiger partial charge in [0.25, 0.3) is 0 Å². The lowest BCUT2D eigenvalue weighted by Gasteiger charge is -2.27. The molecule has 1 rings (SSSR count). The summed E-state index contributed by atoms with van der Waals surface area (Å²) >= 11 is 0. The zero-order chi connectivity index (χ0) is 9.90. The van der Waals surface area contributed by atoms with E-state index in [1.807, 2.05) is 0 Å². The van der Waals surface area contributed by atoms with Crippen molar-refractivity contribution in [1.82, 2.24) is 0 Å². The largest absolute Gasteiger partial charge is 0.481 e. The third kappa shape index (κ3) is 2.42. The molecular formula is C9H16O4. The fourth-order valence-electron chi connectivity index (χ4n) is 1.64. The summed E-state index contributed by atoms with van der Waals surface area (Å²) in [7, 11) is 1.61. The van der Waals surface area contributed by atoms with Crippen molar-refractivity contribution in [3.05, 3.63) is 0 Å². The lowest BCUT2D eigenvalue weighted by molar-refractivity contribution is -0.144. The monoisotopic (exact) mass is 188 g/mol. The van der Waals surface area contributed by atoms with Crippen LogP contribution in [0.2, 0.25) is 0 Å². The first-order valence-corrected chi connectivity index (χ1v) is 4.45. The zero-order valence-electron chi connectivity index (χ0n) is 8.08. The first kappa shape index (κ1) is 10.5. The van der Waals surface area contributed by atoms with E-state index in [2.05, 4.69) is 0 Å². The van der Waals surface area contributed by atoms with Crippen molar-refractivity contribution in [3.8, 4) is 0 Å². The molecule has 0 spiro atoms. The third-order valence-electron chi connectivity index (χ3n) is 2.60. The van der Waals surface area contributed by atoms with Gasteiger partial charge < -0.3 is 14.6 Å². The van der Waals surface area contributed by atoms with Crippen molar-refractivity contribution >= 4 is 5.97 Å². The highest BCUT2D eigenvalue weighted by Gasteiger charge is 2.37. The summed E-state index contributed by atoms with van der Waals surface area (Å²) in [6.07, 6.45) is 1.32. The second-order valence-corrected chi connectivity index (χ2v) is 3.63. The molecule has 1 aliphatic heterocycles. The Bertz CT molecular complexity index is 184. The molecule has 0 aliphatic carbocycles. The molecule has 0 amide bonds. The van der Waals surface area contributed by atoms with Crippen LogP contribution in [-0.2, 0) is 14.3 Å². The molecule has 1 aliphatic rings. The van der Waals surface area contributed by atoms with Gasteiger partial charge in [-0.1, -0.05) is 6.92 Å². The standard InChI is InChI=1S/C9H16O4/c1-7(8(10)11)5-9(12-2)3-4-13-6-9/h7H,3-6H2,1-2H3,(H,10,11). The summed E-state index contributed by atoms with van der Waals surface area (Å²) < 4.78 is 10.5. The zero-order valence-corrected chi connectivity index (χ0v) is 8.08. The van der Waals surface area contributed by atoms with Gasteiger partial charge in [-0.25, -0.2) is 0 Å². The molecule has 4 heteroatoms. The van der Waals surface area contributed by atoms with Crippen molar-refractivity contribution < 1.29 is 19.4 Å². The van der Waals surface area contributed by atoms with Gasteiger partial charge in [0, 0.05) is 20.1 Å². The Morgan fingerprint density at radius 2 is 2.46 bits per heavy atom. The molecule has 1 saturated heterocycles. The molecule has 76 valence electrons. The van der Waals surface area contributed by atoms with Crippen molar-refractivity contribution in [2.45, 2.75) is 25.4 Å². The van der Waals surface area contributed by atoms with Gasteiger partial charge in [0.15, 0.2) is 0 Å². The van der Waals surface area contributed by atoms with Crippen molar-refractivity contribution in [1.29, 1.82) is 0 Å². The minimum Gasteiger partial charge on any atom is -0.481 e. The van der Waals surface area contributed by atoms with Crippen molar-refractivity contribution in [2.24, 2.45) is 5.92 Å². The number of carboxylic acid groups (broad SMARTS) is 1. The van der Waals surface area contributed by atoms with Crippen molar-refractivity contribution in [3.63, 3.8) is 0 Å². The van der Waals surface area contributed by atoms with Crippen LogP contribution in [0.25, 0.3) is 0 Å². The van der Waals surface area contributed by atoms with E-state index in [4.69, 9.17) is 14.6 Å². The first-order chi connectivity index (χ1) is 6.09. The van der Waals surface area contributed by atoms with Crippen LogP contribution in [0.4, 0.5) is 0 Å². The van der Waals surface area contributed by atoms with E-state index in [-0.39, 0.29) is 11.5 Å². The van der Waals surface area contributed by atoms with Gasteiger partial charge in [0.05, 0.1) is 18.1 Å². The molecule has 0 radical (unpaired) electrons. The number of hydrogen-bond donors (Lipinski definition) is 1. The van der Waals surface area contributed by atoms with E-state index < -0.39 is 5.97 Å². The Hall–Kier alpha value is -0.610. The molecule has 0 aromatic carbocycles. The lowest BCUT2D eigenvalue weighted by Crippen LogP contribution is -2.35. The molecular weight excluding hydrogens is 172 g/mol. The smallest absolute Gasteiger partial charge is 0.306 e. The van der Waals surface area contributed by atoms with Gasteiger partial charge in [0.1, 0.15) is 0 Å². The predicted molar refractivity (Wildman–Crippen MR) is 46.6 cm³/mol. The topological polar surface area (TPSA) is 55.8 Å². The maximum Gasteiger partial charge on any atom is 0.306 e. The van der Waals surface area contributed by atoms with Gasteiger partial charge in [-0.15, -0.1) is 0 Å². The van der Waals surface area contributed by atoms with Gasteiger partial charge in [-0.3, -0.25) is 4.79 Å². The third-order valence-corrected chi connectivity index (χ3v) is 2.60. The van der Waals surface area contributed by atoms with Crippen LogP contribution in [0.15, 0.2) is 0 Å². The molecule has 2 atom stereocenters. The lowest BCUT2D eigenvalue weighted by atomic mass is 9.90. The second kappa shape index (κ2) is 4.07. The number of rotatable bonds is 4. The Morgan fingerprint density at radius 1 is 1.77 bits per heavy atom. The number of carbonyl (C=O) groups is 1. The summed E-state index contributed by atoms with van der Waals surface area (Å²) in [5.41, 5.74) is -0.363. The Labute approximate surface area is 77.8 Å². The van der Waals surface area contributed by atoms with Gasteiger partial charge in [0.2, 0.25) is 0 Å². The highest BCUT2D eigenvalue weighted by molar-refractivity contribution is 5.69. The highest BCUT2D eigenvalue weighted by atomic mass is 16.5. The van der Waals surface area contributed by atoms with Crippen LogP contribution < -0.4 is 0 Å². The normalized spacial score (nSPS) is 30.3. The fraction of sp³-hybridized carbons (Fsp3) is 0.889. The number of aliphatic carboxylic acids is 1. The Morgan fingerprint density at radius 3 is 2.85 bits per heavy atom. The summed E-state index contributed by atoms with van der Waals surface area (Å²) in [5, 5.41) is 8.76. The molecule has 2 unspecified atom stereocenters. The number of carboxylic acids is 1. The van der Waals surface area contributed by atoms with Gasteiger partial charge in [-0.2, -0.15) is 0 Å². The first-order valence-electron chi connectivity index (χ1n) is 4.45. The average molecular weight is 188 g/mol. The quantitative estimate of drug-likeness (QED) is 0.712. The van der Waals surface area contributed by atoms with Crippen LogP contribution in [0.1, 0.15) is 19.8 Å². The molecule has 0 aromatic rings. The predicted octanol–water partition coefficient (Wildman–Crippen LogP) is 0.903. The molecule has 1 fully saturated rings. The van der Waals surface area contributed by atoms with E-state index in [1.54, 1.807) is 14.0 Å². The summed E-state index contributed by atoms with van der Waals surface area (Å²) in [6, 6.07) is 0. The van der Waals surface area contributed by atoms with Crippen LogP contribution in [0, 0.1) is 5.92 Å². The molecule has 0 bridgehead atoms. The maximum absolute atomic E-state index is 10.6. The SMILES string of the molecule is COC1(CC(C)C(=O)O)CCOC1. The van der Waals surface area contributed by atoms with E-state index in [0.717, 1.165) is 6.42 Å². The van der Waals surface area contributed by atoms with E-state index in [9.17, 15) is 4.79 Å². The number of methoxy groups -OCH3 is 1. The van der Waals surface area contributed by atoms with E-state index >= 15 is 0 Å². The number of ether oxygens (including phenoxy) is 2. The molecule has 13 heavy (non-hydrogen) atoms. The Kier molecular flexibility index (Phi) is 3.27. The Balaban J connectivity index is 2.52. The van der Waals surface area contributed by atoms with Crippen LogP contribution in [-0.4, -0.2) is 37.0 Å². The van der Waals surface area contributed by atoms with E-state index in [1.165, 1.54) is 0 Å². The molecule has 1 N–H and O–H groups in total.